The third-order valence-corrected chi connectivity index (χ3v) is 5.34. The van der Waals surface area contributed by atoms with Gasteiger partial charge in [-0.3, -0.25) is 0 Å². The number of piperidine rings is 1. The maximum Gasteiger partial charge on any atom is 0.410 e. The normalized spacial score (nSPS) is 23.6. The molecular weight excluding hydrogens is 308 g/mol. The minimum atomic E-state index is -0.421. The van der Waals surface area contributed by atoms with Crippen LogP contribution in [0.2, 0.25) is 0 Å². The predicted octanol–water partition coefficient (Wildman–Crippen LogP) is 5.08. The Hall–Kier alpha value is -0.710. The summed E-state index contributed by atoms with van der Waals surface area (Å²) >= 11 is 1.70. The molecule has 1 heterocycles. The average molecular weight is 341 g/mol. The lowest BCUT2D eigenvalue weighted by Crippen LogP contribution is -2.46. The molecule has 1 saturated carbocycles. The van der Waals surface area contributed by atoms with Crippen LogP contribution in [0.5, 0.6) is 0 Å². The van der Waals surface area contributed by atoms with Crippen molar-refractivity contribution in [2.45, 2.75) is 84.0 Å². The molecule has 23 heavy (non-hydrogen) atoms. The van der Waals surface area contributed by atoms with Crippen LogP contribution >= 0.6 is 11.9 Å². The summed E-state index contributed by atoms with van der Waals surface area (Å²) in [5.41, 5.74) is 1.19. The molecule has 2 fully saturated rings. The number of ether oxygens (including phenoxy) is 1. The van der Waals surface area contributed by atoms with Gasteiger partial charge in [-0.25, -0.2) is 9.19 Å². The third-order valence-electron chi connectivity index (χ3n) is 4.48. The summed E-state index contributed by atoms with van der Waals surface area (Å²) in [6, 6.07) is 0. The van der Waals surface area contributed by atoms with Gasteiger partial charge in [0.1, 0.15) is 5.60 Å². The van der Waals surface area contributed by atoms with Crippen molar-refractivity contribution in [1.29, 1.82) is 0 Å². The van der Waals surface area contributed by atoms with Gasteiger partial charge < -0.3 is 9.64 Å². The highest BCUT2D eigenvalue weighted by atomic mass is 32.2. The Morgan fingerprint density at radius 3 is 2.26 bits per heavy atom. The fourth-order valence-electron chi connectivity index (χ4n) is 3.32. The molecule has 0 N–H and O–H groups in total. The van der Waals surface area contributed by atoms with E-state index >= 15 is 0 Å². The zero-order chi connectivity index (χ0) is 17.3. The molecule has 0 aromatic rings. The smallest absolute Gasteiger partial charge is 0.410 e. The Bertz CT molecular complexity index is 466. The summed E-state index contributed by atoms with van der Waals surface area (Å²) in [5.74, 6) is 0. The number of carbonyl (C=O) groups excluding carboxylic acids is 1. The summed E-state index contributed by atoms with van der Waals surface area (Å²) < 4.78 is 10.6. The Kier molecular flexibility index (Phi) is 5.39. The number of carbonyl (C=O) groups is 1. The third kappa shape index (κ3) is 5.13. The number of nitrogens with zero attached hydrogens (tertiary/aromatic N) is 2. The van der Waals surface area contributed by atoms with Crippen LogP contribution in [-0.2, 0) is 4.74 Å². The van der Waals surface area contributed by atoms with Crippen molar-refractivity contribution in [3.05, 3.63) is 0 Å². The van der Waals surface area contributed by atoms with E-state index in [4.69, 9.17) is 9.13 Å². The van der Waals surface area contributed by atoms with Gasteiger partial charge in [0.15, 0.2) is 0 Å². The summed E-state index contributed by atoms with van der Waals surface area (Å²) in [6.07, 6.45) is 5.45. The van der Waals surface area contributed by atoms with Gasteiger partial charge in [-0.1, -0.05) is 0 Å². The zero-order valence-corrected chi connectivity index (χ0v) is 16.4. The Morgan fingerprint density at radius 2 is 1.74 bits per heavy atom. The number of likely N-dealkylation sites (tertiary alicyclic amines) is 1. The van der Waals surface area contributed by atoms with Gasteiger partial charge in [0, 0.05) is 29.0 Å². The van der Waals surface area contributed by atoms with E-state index in [2.05, 4.69) is 20.8 Å². The second-order valence-electron chi connectivity index (χ2n) is 8.84. The van der Waals surface area contributed by atoms with E-state index in [0.29, 0.717) is 0 Å². The lowest BCUT2D eigenvalue weighted by atomic mass is 9.76. The van der Waals surface area contributed by atoms with Crippen molar-refractivity contribution >= 4 is 23.8 Å². The van der Waals surface area contributed by atoms with E-state index in [0.717, 1.165) is 32.4 Å². The minimum Gasteiger partial charge on any atom is -0.444 e. The van der Waals surface area contributed by atoms with E-state index in [9.17, 15) is 4.79 Å². The van der Waals surface area contributed by atoms with E-state index in [-0.39, 0.29) is 16.3 Å². The van der Waals surface area contributed by atoms with Crippen molar-refractivity contribution < 1.29 is 9.53 Å². The number of hydrogen-bond acceptors (Lipinski definition) is 4. The van der Waals surface area contributed by atoms with Crippen LogP contribution in [-0.4, -0.2) is 40.1 Å². The Morgan fingerprint density at radius 1 is 1.13 bits per heavy atom. The summed E-state index contributed by atoms with van der Waals surface area (Å²) in [5, 5.41) is 0. The molecule has 1 aliphatic carbocycles. The van der Waals surface area contributed by atoms with Crippen LogP contribution in [0.25, 0.3) is 0 Å². The molecule has 1 spiro atoms. The molecule has 2 rings (SSSR count). The molecule has 0 aromatic carbocycles. The molecule has 2 aliphatic rings. The van der Waals surface area contributed by atoms with Gasteiger partial charge in [0.05, 0.1) is 0 Å². The number of hydrogen-bond donors (Lipinski definition) is 0. The molecule has 0 atom stereocenters. The topological polar surface area (TPSA) is 41.9 Å². The van der Waals surface area contributed by atoms with E-state index in [1.165, 1.54) is 18.6 Å². The van der Waals surface area contributed by atoms with Crippen LogP contribution in [0.15, 0.2) is 4.40 Å². The van der Waals surface area contributed by atoms with Crippen LogP contribution < -0.4 is 0 Å². The molecule has 0 unspecified atom stereocenters. The van der Waals surface area contributed by atoms with Crippen molar-refractivity contribution in [2.24, 2.45) is 9.81 Å². The van der Waals surface area contributed by atoms with Gasteiger partial charge in [0.25, 0.3) is 0 Å². The first-order chi connectivity index (χ1) is 10.5. The van der Waals surface area contributed by atoms with Crippen LogP contribution in [0.3, 0.4) is 0 Å². The van der Waals surface area contributed by atoms with Gasteiger partial charge in [-0.15, -0.1) is 0 Å². The van der Waals surface area contributed by atoms with Crippen LogP contribution in [0.1, 0.15) is 73.6 Å². The number of rotatable bonds is 1. The van der Waals surface area contributed by atoms with Crippen molar-refractivity contribution in [3.8, 4) is 0 Å². The largest absolute Gasteiger partial charge is 0.444 e. The molecule has 1 amide bonds. The molecule has 1 saturated heterocycles. The highest BCUT2D eigenvalue weighted by Gasteiger charge is 2.43. The average Bonchev–Trinajstić information content (AvgIpc) is 2.77. The SMILES string of the molecule is CC(C)(C)OC(=O)N1CCC2(CCC/C2=N\SC(C)(C)C)CC1. The summed E-state index contributed by atoms with van der Waals surface area (Å²) in [6.45, 7) is 13.9. The molecule has 0 aromatic heterocycles. The second kappa shape index (κ2) is 6.66. The molecule has 132 valence electrons. The fraction of sp³-hybridized carbons (Fsp3) is 0.889. The van der Waals surface area contributed by atoms with E-state index < -0.39 is 5.60 Å². The maximum atomic E-state index is 12.2. The van der Waals surface area contributed by atoms with E-state index in [1.54, 1.807) is 11.9 Å². The van der Waals surface area contributed by atoms with Gasteiger partial charge in [-0.05, 0) is 85.6 Å². The van der Waals surface area contributed by atoms with Crippen LogP contribution in [0, 0.1) is 5.41 Å². The predicted molar refractivity (Wildman–Crippen MR) is 98.1 cm³/mol. The van der Waals surface area contributed by atoms with Gasteiger partial charge >= 0.3 is 6.09 Å². The van der Waals surface area contributed by atoms with Crippen molar-refractivity contribution in [1.82, 2.24) is 4.90 Å². The summed E-state index contributed by atoms with van der Waals surface area (Å²) in [4.78, 5) is 14.1. The molecular formula is C18H32N2O2S. The molecule has 4 nitrogen and oxygen atoms in total. The molecule has 0 bridgehead atoms. The monoisotopic (exact) mass is 340 g/mol. The van der Waals surface area contributed by atoms with Gasteiger partial charge in [-0.2, -0.15) is 0 Å². The first-order valence-corrected chi connectivity index (χ1v) is 9.52. The maximum absolute atomic E-state index is 12.2. The fourth-order valence-corrected chi connectivity index (χ4v) is 3.99. The first-order valence-electron chi connectivity index (χ1n) is 8.74. The standard InChI is InChI=1S/C18H32N2O2S/c1-16(2,3)22-15(21)20-12-10-18(11-13-20)9-7-8-14(18)19-23-17(4,5)6/h7-13H2,1-6H3/b19-14+. The molecule has 0 radical (unpaired) electrons. The van der Waals surface area contributed by atoms with Gasteiger partial charge in [0.2, 0.25) is 0 Å². The zero-order valence-electron chi connectivity index (χ0n) is 15.6. The highest BCUT2D eigenvalue weighted by Crippen LogP contribution is 2.46. The lowest BCUT2D eigenvalue weighted by molar-refractivity contribution is 0.0157. The quantitative estimate of drug-likeness (QED) is 0.625. The lowest BCUT2D eigenvalue weighted by Gasteiger charge is -2.40. The summed E-state index contributed by atoms with van der Waals surface area (Å²) in [7, 11) is 0. The molecule has 5 heteroatoms. The minimum absolute atomic E-state index is 0.161. The molecule has 1 aliphatic heterocycles. The van der Waals surface area contributed by atoms with Crippen molar-refractivity contribution in [2.75, 3.05) is 13.1 Å². The Labute approximate surface area is 145 Å². The van der Waals surface area contributed by atoms with Crippen molar-refractivity contribution in [3.63, 3.8) is 0 Å². The Balaban J connectivity index is 1.98. The second-order valence-corrected chi connectivity index (χ2v) is 10.4. The first kappa shape index (κ1) is 18.6. The van der Waals surface area contributed by atoms with Crippen LogP contribution in [0.4, 0.5) is 4.79 Å². The number of amides is 1. The highest BCUT2D eigenvalue weighted by molar-refractivity contribution is 7.99. The van der Waals surface area contributed by atoms with E-state index in [1.807, 2.05) is 25.7 Å².